The number of pyridine rings is 2. The van der Waals surface area contributed by atoms with Gasteiger partial charge in [-0.1, -0.05) is 17.8 Å². The molecule has 2 saturated carbocycles. The second kappa shape index (κ2) is 14.0. The van der Waals surface area contributed by atoms with Gasteiger partial charge in [0.2, 0.25) is 5.91 Å². The molecule has 6 rings (SSSR count). The summed E-state index contributed by atoms with van der Waals surface area (Å²) in [5.74, 6) is 7.89. The van der Waals surface area contributed by atoms with E-state index in [4.69, 9.17) is 4.74 Å². The van der Waals surface area contributed by atoms with E-state index in [9.17, 15) is 18.4 Å². The van der Waals surface area contributed by atoms with Crippen LogP contribution >= 0.6 is 11.3 Å². The van der Waals surface area contributed by atoms with E-state index in [0.29, 0.717) is 36.3 Å². The summed E-state index contributed by atoms with van der Waals surface area (Å²) >= 11 is 1.37. The molecule has 2 aliphatic carbocycles. The molecule has 3 fully saturated rings. The average molecular weight is 623 g/mol. The number of amides is 1. The van der Waals surface area contributed by atoms with Gasteiger partial charge in [0.25, 0.3) is 6.43 Å². The van der Waals surface area contributed by atoms with Gasteiger partial charge < -0.3 is 25.9 Å². The Bertz CT molecular complexity index is 1420. The number of ether oxygens (including phenoxy) is 1. The number of hydrogen-bond acceptors (Lipinski definition) is 9. The van der Waals surface area contributed by atoms with Gasteiger partial charge in [-0.15, -0.1) is 23.0 Å². The van der Waals surface area contributed by atoms with Crippen molar-refractivity contribution in [3.8, 4) is 28.7 Å². The molecule has 13 heteroatoms. The number of nitrogens with zero attached hydrogens (tertiary/aromatic N) is 6. The molecular formula is C28H26F2N6NiO3S. The second-order valence-electron chi connectivity index (χ2n) is 9.77. The van der Waals surface area contributed by atoms with Gasteiger partial charge in [-0.05, 0) is 43.2 Å². The molecule has 41 heavy (non-hydrogen) atoms. The fourth-order valence-corrected chi connectivity index (χ4v) is 4.58. The van der Waals surface area contributed by atoms with Crippen LogP contribution in [0.5, 0.6) is 5.75 Å². The Labute approximate surface area is 250 Å². The summed E-state index contributed by atoms with van der Waals surface area (Å²) in [5, 5.41) is 8.10. The van der Waals surface area contributed by atoms with Crippen LogP contribution in [0, 0.1) is 29.2 Å². The van der Waals surface area contributed by atoms with E-state index in [2.05, 4.69) is 42.4 Å². The zero-order valence-electron chi connectivity index (χ0n) is 22.1. The number of alkyl halides is 2. The number of piperazine rings is 1. The molecule has 4 heterocycles. The molecule has 0 radical (unpaired) electrons. The fraction of sp³-hybridized carbons (Fsp3) is 0.429. The van der Waals surface area contributed by atoms with Crippen LogP contribution in [0.3, 0.4) is 0 Å². The summed E-state index contributed by atoms with van der Waals surface area (Å²) in [5.41, 5.74) is 2.88. The Kier molecular flexibility index (Phi) is 10.5. The molecule has 1 amide bonds. The van der Waals surface area contributed by atoms with Crippen LogP contribution in [0.4, 0.5) is 14.6 Å². The number of halogens is 2. The second-order valence-corrected chi connectivity index (χ2v) is 10.5. The van der Waals surface area contributed by atoms with Crippen molar-refractivity contribution in [3.63, 3.8) is 0 Å². The molecule has 0 atom stereocenters. The van der Waals surface area contributed by atoms with E-state index in [1.807, 2.05) is 0 Å². The number of aromatic nitrogens is 4. The Morgan fingerprint density at radius 3 is 2.59 bits per heavy atom. The minimum absolute atomic E-state index is 0. The summed E-state index contributed by atoms with van der Waals surface area (Å²) in [6.07, 6.45) is 6.45. The maximum atomic E-state index is 13.2. The number of hydrogen-bond donors (Lipinski definition) is 0. The molecule has 1 saturated heterocycles. The topological polar surface area (TPSA) is 101 Å². The Morgan fingerprint density at radius 1 is 1.17 bits per heavy atom. The van der Waals surface area contributed by atoms with Gasteiger partial charge >= 0.3 is 16.5 Å². The standard InChI is InChI=1S/C21H21F2N4O3.C7H5N2S.Ni/c1-30-18-9-24-17(21(22)23)6-16(18)15-7-19(25-8-14(15)12-28)27-5-4-26(11-20(27)29)10-13-2-3-13;1-2-6(1)3-4-7-9-8-5-10-7;/h6-9,13,21H,2-5,10-11H2,1H3;6H,1-2H2;/q2*-1;+2. The first-order valence-corrected chi connectivity index (χ1v) is 13.7. The van der Waals surface area contributed by atoms with E-state index in [1.165, 1.54) is 62.6 Å². The van der Waals surface area contributed by atoms with E-state index in [-0.39, 0.29) is 39.3 Å². The molecule has 9 nitrogen and oxygen atoms in total. The Balaban J connectivity index is 0.000000295. The summed E-state index contributed by atoms with van der Waals surface area (Å²) < 4.78 is 31.6. The number of carbonyl (C=O) groups excluding carboxylic acids is 2. The number of anilines is 1. The van der Waals surface area contributed by atoms with Crippen LogP contribution in [0.1, 0.15) is 48.4 Å². The summed E-state index contributed by atoms with van der Waals surface area (Å²) in [6, 6.07) is 2.72. The van der Waals surface area contributed by atoms with Gasteiger partial charge in [0.15, 0.2) is 0 Å². The van der Waals surface area contributed by atoms with Crippen molar-refractivity contribution < 1.29 is 39.6 Å². The van der Waals surface area contributed by atoms with Gasteiger partial charge in [-0.25, -0.2) is 13.9 Å². The Hall–Kier alpha value is -3.33. The van der Waals surface area contributed by atoms with Crippen LogP contribution in [-0.2, 0) is 26.1 Å². The van der Waals surface area contributed by atoms with Crippen molar-refractivity contribution >= 4 is 29.3 Å². The van der Waals surface area contributed by atoms with Crippen molar-refractivity contribution in [3.05, 3.63) is 46.3 Å². The van der Waals surface area contributed by atoms with Crippen LogP contribution in [0.25, 0.3) is 11.1 Å². The molecule has 216 valence electrons. The molecule has 3 aliphatic rings. The third kappa shape index (κ3) is 8.12. The van der Waals surface area contributed by atoms with Gasteiger partial charge in [0.05, 0.1) is 26.1 Å². The summed E-state index contributed by atoms with van der Waals surface area (Å²) in [6.45, 7) is 2.44. The first-order chi connectivity index (χ1) is 19.4. The van der Waals surface area contributed by atoms with Crippen molar-refractivity contribution in [2.75, 3.05) is 38.2 Å². The number of rotatable bonds is 7. The molecule has 0 bridgehead atoms. The molecule has 0 spiro atoms. The number of carbonyl (C=O) groups is 1. The fourth-order valence-electron chi connectivity index (χ4n) is 4.23. The zero-order valence-corrected chi connectivity index (χ0v) is 23.9. The largest absolute Gasteiger partial charge is 2.00 e. The quantitative estimate of drug-likeness (QED) is 0.223. The first kappa shape index (κ1) is 30.6. The molecular weight excluding hydrogens is 597 g/mol. The monoisotopic (exact) mass is 622 g/mol. The first-order valence-electron chi connectivity index (χ1n) is 12.9. The van der Waals surface area contributed by atoms with Crippen LogP contribution in [0.2, 0.25) is 0 Å². The molecule has 0 aromatic carbocycles. The van der Waals surface area contributed by atoms with Gasteiger partial charge in [0, 0.05) is 30.6 Å². The molecule has 0 unspecified atom stereocenters. The van der Waals surface area contributed by atoms with E-state index in [1.54, 1.807) is 17.3 Å². The minimum atomic E-state index is -2.78. The van der Waals surface area contributed by atoms with E-state index in [0.717, 1.165) is 18.1 Å². The SMILES string of the molecule is C(#CC1CC1)c1nn[c-]s1.COc1cnc(C(F)F)cc1-c1cc(N2CCN(CC3CC3)CC2=O)ncc1[C-]=O.[Ni+2]. The maximum Gasteiger partial charge on any atom is 2.00 e. The predicted octanol–water partition coefficient (Wildman–Crippen LogP) is 3.70. The number of methoxy groups -OCH3 is 1. The zero-order chi connectivity index (χ0) is 28.1. The molecule has 1 aliphatic heterocycles. The Morgan fingerprint density at radius 2 is 1.98 bits per heavy atom. The summed E-state index contributed by atoms with van der Waals surface area (Å²) in [7, 11) is 1.39. The van der Waals surface area contributed by atoms with Gasteiger partial charge in [0.1, 0.15) is 17.3 Å². The van der Waals surface area contributed by atoms with Crippen LogP contribution < -0.4 is 9.64 Å². The van der Waals surface area contributed by atoms with Gasteiger partial charge in [-0.2, -0.15) is 0 Å². The smallest absolute Gasteiger partial charge is 0.496 e. The van der Waals surface area contributed by atoms with E-state index >= 15 is 0 Å². The third-order valence-corrected chi connectivity index (χ3v) is 7.25. The van der Waals surface area contributed by atoms with Crippen molar-refractivity contribution in [2.24, 2.45) is 11.8 Å². The van der Waals surface area contributed by atoms with Crippen molar-refractivity contribution in [2.45, 2.75) is 32.1 Å². The van der Waals surface area contributed by atoms with Crippen molar-refractivity contribution in [1.82, 2.24) is 25.1 Å². The van der Waals surface area contributed by atoms with Crippen molar-refractivity contribution in [1.29, 1.82) is 0 Å². The summed E-state index contributed by atoms with van der Waals surface area (Å²) in [4.78, 5) is 35.8. The third-order valence-electron chi connectivity index (χ3n) is 6.70. The van der Waals surface area contributed by atoms with Gasteiger partial charge in [-0.3, -0.25) is 24.7 Å². The predicted molar refractivity (Wildman–Crippen MR) is 144 cm³/mol. The normalized spacial score (nSPS) is 16.7. The van der Waals surface area contributed by atoms with E-state index < -0.39 is 12.1 Å². The molecule has 3 aromatic heterocycles. The van der Waals surface area contributed by atoms with Crippen LogP contribution in [0.15, 0.2) is 24.5 Å². The maximum absolute atomic E-state index is 13.2. The molecule has 3 aromatic rings. The average Bonchev–Trinajstić information content (AvgIpc) is 3.91. The van der Waals surface area contributed by atoms with Crippen LogP contribution in [-0.4, -0.2) is 70.5 Å². The minimum Gasteiger partial charge on any atom is -0.496 e. The molecule has 0 N–H and O–H groups in total.